The monoisotopic (exact) mass is 191 g/mol. The number of aliphatic carboxylic acids is 1. The molecule has 0 saturated carbocycles. The molecule has 2 aliphatic heterocycles. The predicted octanol–water partition coefficient (Wildman–Crippen LogP) is -5.32. The number of carbonyl (C=O) groups excluding carboxylic acids is 3. The van der Waals surface area contributed by atoms with Crippen LogP contribution in [0.3, 0.4) is 0 Å². The van der Waals surface area contributed by atoms with Gasteiger partial charge in [0.2, 0.25) is 5.91 Å². The van der Waals surface area contributed by atoms with E-state index >= 15 is 0 Å². The average Bonchev–Trinajstić information content (AvgIpc) is 2.22. The van der Waals surface area contributed by atoms with Gasteiger partial charge in [0, 0.05) is 18.9 Å². The Labute approximate surface area is 96.4 Å². The number of carboxylic acids is 1. The molecule has 2 unspecified atom stereocenters. The van der Waals surface area contributed by atoms with Crippen molar-refractivity contribution in [2.45, 2.75) is 24.9 Å². The molecule has 2 heterocycles. The minimum absolute atomic E-state index is 0. The van der Waals surface area contributed by atoms with Gasteiger partial charge in [0.25, 0.3) is 0 Å². The van der Waals surface area contributed by atoms with Crippen LogP contribution in [0.4, 0.5) is 0 Å². The van der Waals surface area contributed by atoms with Crippen LogP contribution in [-0.4, -0.2) is 34.6 Å². The summed E-state index contributed by atoms with van der Waals surface area (Å²) in [4.78, 5) is 33.4. The van der Waals surface area contributed by atoms with E-state index in [4.69, 9.17) is 0 Å². The van der Waals surface area contributed by atoms with Crippen LogP contribution in [0.15, 0.2) is 0 Å². The Morgan fingerprint density at radius 2 is 2.00 bits per heavy atom. The SMILES string of the molecule is O=C([O-])C1C(=O)CC2CC(=O)N21.[Na+]. The van der Waals surface area contributed by atoms with E-state index in [-0.39, 0.29) is 47.9 Å². The third kappa shape index (κ3) is 1.41. The molecule has 64 valence electrons. The maximum Gasteiger partial charge on any atom is 1.00 e. The minimum Gasteiger partial charge on any atom is -0.547 e. The van der Waals surface area contributed by atoms with Crippen molar-refractivity contribution in [3.8, 4) is 0 Å². The van der Waals surface area contributed by atoms with Crippen LogP contribution in [-0.2, 0) is 14.4 Å². The van der Waals surface area contributed by atoms with Gasteiger partial charge in [-0.15, -0.1) is 0 Å². The molecule has 0 aromatic rings. The number of ketones is 1. The minimum atomic E-state index is -1.46. The number of hydrogen-bond donors (Lipinski definition) is 0. The Hall–Kier alpha value is -0.390. The molecule has 5 nitrogen and oxygen atoms in total. The molecule has 1 amide bonds. The first-order chi connectivity index (χ1) is 5.61. The van der Waals surface area contributed by atoms with Crippen LogP contribution in [0.5, 0.6) is 0 Å². The van der Waals surface area contributed by atoms with Crippen LogP contribution in [0.2, 0.25) is 0 Å². The molecule has 2 atom stereocenters. The Balaban J connectivity index is 0.000000845. The van der Waals surface area contributed by atoms with E-state index in [0.717, 1.165) is 4.90 Å². The van der Waals surface area contributed by atoms with Gasteiger partial charge in [0.05, 0.1) is 5.97 Å². The largest absolute Gasteiger partial charge is 1.00 e. The van der Waals surface area contributed by atoms with Crippen molar-refractivity contribution in [1.82, 2.24) is 4.90 Å². The van der Waals surface area contributed by atoms with Crippen LogP contribution >= 0.6 is 0 Å². The number of nitrogens with zero attached hydrogens (tertiary/aromatic N) is 1. The summed E-state index contributed by atoms with van der Waals surface area (Å²) in [5, 5.41) is 10.4. The first-order valence-electron chi connectivity index (χ1n) is 3.66. The van der Waals surface area contributed by atoms with Gasteiger partial charge in [-0.05, 0) is 0 Å². The number of amides is 1. The summed E-state index contributed by atoms with van der Waals surface area (Å²) < 4.78 is 0. The second kappa shape index (κ2) is 3.40. The third-order valence-corrected chi connectivity index (χ3v) is 2.33. The number of hydrogen-bond acceptors (Lipinski definition) is 4. The molecular weight excluding hydrogens is 185 g/mol. The topological polar surface area (TPSA) is 77.5 Å². The summed E-state index contributed by atoms with van der Waals surface area (Å²) in [6, 6.07) is -1.48. The van der Waals surface area contributed by atoms with Gasteiger partial charge >= 0.3 is 29.6 Å². The van der Waals surface area contributed by atoms with Crippen LogP contribution in [0.25, 0.3) is 0 Å². The Morgan fingerprint density at radius 1 is 1.38 bits per heavy atom. The molecule has 2 aliphatic rings. The maximum atomic E-state index is 11.0. The predicted molar refractivity (Wildman–Crippen MR) is 33.7 cm³/mol. The fourth-order valence-electron chi connectivity index (χ4n) is 1.77. The molecule has 0 N–H and O–H groups in total. The van der Waals surface area contributed by atoms with Gasteiger partial charge in [0.15, 0.2) is 5.78 Å². The average molecular weight is 191 g/mol. The Kier molecular flexibility index (Phi) is 2.79. The van der Waals surface area contributed by atoms with Crippen molar-refractivity contribution in [3.63, 3.8) is 0 Å². The van der Waals surface area contributed by atoms with E-state index in [9.17, 15) is 19.5 Å². The summed E-state index contributed by atoms with van der Waals surface area (Å²) in [7, 11) is 0. The van der Waals surface area contributed by atoms with E-state index in [2.05, 4.69) is 0 Å². The fraction of sp³-hybridized carbons (Fsp3) is 0.571. The Bertz CT molecular complexity index is 290. The number of fused-ring (bicyclic) bond motifs is 1. The molecule has 0 spiro atoms. The van der Waals surface area contributed by atoms with Crippen LogP contribution in [0.1, 0.15) is 12.8 Å². The molecule has 6 heteroatoms. The van der Waals surface area contributed by atoms with Crippen molar-refractivity contribution < 1.29 is 49.0 Å². The molecule has 0 radical (unpaired) electrons. The summed E-state index contributed by atoms with van der Waals surface area (Å²) >= 11 is 0. The van der Waals surface area contributed by atoms with Crippen LogP contribution < -0.4 is 34.7 Å². The summed E-state index contributed by atoms with van der Waals surface area (Å²) in [5.74, 6) is -2.14. The first-order valence-corrected chi connectivity index (χ1v) is 3.66. The van der Waals surface area contributed by atoms with Gasteiger partial charge in [-0.25, -0.2) is 0 Å². The van der Waals surface area contributed by atoms with Gasteiger partial charge in [-0.2, -0.15) is 0 Å². The fourth-order valence-corrected chi connectivity index (χ4v) is 1.77. The maximum absolute atomic E-state index is 11.0. The quantitative estimate of drug-likeness (QED) is 0.235. The third-order valence-electron chi connectivity index (χ3n) is 2.33. The standard InChI is InChI=1S/C7H7NO4.Na/c9-4-1-3-2-5(10)8(3)6(4)7(11)12;/h3,6H,1-2H2,(H,11,12);/q;+1/p-1. The van der Waals surface area contributed by atoms with E-state index < -0.39 is 17.8 Å². The molecule has 0 aromatic carbocycles. The zero-order valence-electron chi connectivity index (χ0n) is 7.15. The zero-order valence-corrected chi connectivity index (χ0v) is 9.15. The molecule has 0 bridgehead atoms. The second-order valence-electron chi connectivity index (χ2n) is 3.05. The summed E-state index contributed by atoms with van der Waals surface area (Å²) in [5.41, 5.74) is 0. The number of carbonyl (C=O) groups is 3. The van der Waals surface area contributed by atoms with Gasteiger partial charge in [0.1, 0.15) is 6.04 Å². The van der Waals surface area contributed by atoms with Crippen molar-refractivity contribution in [1.29, 1.82) is 0 Å². The van der Waals surface area contributed by atoms with Crippen LogP contribution in [0, 0.1) is 0 Å². The van der Waals surface area contributed by atoms with E-state index in [1.54, 1.807) is 0 Å². The van der Waals surface area contributed by atoms with Gasteiger partial charge in [-0.3, -0.25) is 9.59 Å². The van der Waals surface area contributed by atoms with E-state index in [1.807, 2.05) is 0 Å². The number of carboxylic acid groups (broad SMARTS) is 1. The van der Waals surface area contributed by atoms with E-state index in [1.165, 1.54) is 0 Å². The van der Waals surface area contributed by atoms with Crippen molar-refractivity contribution >= 4 is 17.7 Å². The molecule has 2 fully saturated rings. The Morgan fingerprint density at radius 3 is 2.38 bits per heavy atom. The first kappa shape index (κ1) is 10.7. The molecule has 0 aromatic heterocycles. The molecule has 2 rings (SSSR count). The van der Waals surface area contributed by atoms with Crippen molar-refractivity contribution in [2.75, 3.05) is 0 Å². The molecule has 13 heavy (non-hydrogen) atoms. The zero-order chi connectivity index (χ0) is 8.88. The normalized spacial score (nSPS) is 30.6. The van der Waals surface area contributed by atoms with Crippen molar-refractivity contribution in [2.24, 2.45) is 0 Å². The second-order valence-corrected chi connectivity index (χ2v) is 3.05. The molecular formula is C7H6NNaO4. The van der Waals surface area contributed by atoms with E-state index in [0.29, 0.717) is 6.42 Å². The number of Topliss-reactive ketones (excluding diaryl/α,β-unsaturated/α-hetero) is 1. The summed E-state index contributed by atoms with van der Waals surface area (Å²) in [6.07, 6.45) is 0.472. The molecule has 2 saturated heterocycles. The summed E-state index contributed by atoms with van der Waals surface area (Å²) in [6.45, 7) is 0. The number of rotatable bonds is 1. The van der Waals surface area contributed by atoms with Crippen molar-refractivity contribution in [3.05, 3.63) is 0 Å². The smallest absolute Gasteiger partial charge is 0.547 e. The van der Waals surface area contributed by atoms with Gasteiger partial charge in [-0.1, -0.05) is 0 Å². The molecule has 0 aliphatic carbocycles. The number of β-lactam (4-membered cyclic amide) rings is 1. The van der Waals surface area contributed by atoms with Gasteiger partial charge < -0.3 is 14.8 Å².